The van der Waals surface area contributed by atoms with E-state index >= 15 is 0 Å². The maximum absolute atomic E-state index is 11.3. The molecule has 0 spiro atoms. The molecule has 7 nitrogen and oxygen atoms in total. The average molecular weight is 240 g/mol. The molecule has 0 saturated heterocycles. The van der Waals surface area contributed by atoms with Gasteiger partial charge >= 0.3 is 43.4 Å². The van der Waals surface area contributed by atoms with Crippen molar-refractivity contribution in [3.05, 3.63) is 27.2 Å². The predicted molar refractivity (Wildman–Crippen MR) is 58.7 cm³/mol. The molecule has 80 valence electrons. The van der Waals surface area contributed by atoms with Crippen LogP contribution < -0.4 is 11.2 Å². The molecule has 2 aromatic rings. The van der Waals surface area contributed by atoms with Crippen LogP contribution >= 0.6 is 0 Å². The first-order valence-electron chi connectivity index (χ1n) is 3.71. The molecular weight excluding hydrogens is 228 g/mol. The Labute approximate surface area is 114 Å². The van der Waals surface area contributed by atoms with Crippen LogP contribution in [0.3, 0.4) is 0 Å². The van der Waals surface area contributed by atoms with Crippen molar-refractivity contribution in [3.8, 4) is 0 Å². The third-order valence-corrected chi connectivity index (χ3v) is 1.98. The van der Waals surface area contributed by atoms with Crippen molar-refractivity contribution in [1.82, 2.24) is 19.1 Å². The van der Waals surface area contributed by atoms with E-state index in [-0.39, 0.29) is 43.2 Å². The van der Waals surface area contributed by atoms with Crippen LogP contribution in [0.4, 0.5) is 0 Å². The van der Waals surface area contributed by atoms with Gasteiger partial charge in [0.25, 0.3) is 5.56 Å². The molecule has 0 aliphatic heterocycles. The monoisotopic (exact) mass is 240 g/mol. The number of hydrogen-bond acceptors (Lipinski definition) is 3. The van der Waals surface area contributed by atoms with Gasteiger partial charge < -0.3 is 10.0 Å². The maximum atomic E-state index is 11.3. The molecule has 0 aromatic carbocycles. The van der Waals surface area contributed by atoms with Crippen molar-refractivity contribution in [3.63, 3.8) is 0 Å². The number of aromatic amines is 1. The van der Waals surface area contributed by atoms with Gasteiger partial charge in [0, 0.05) is 14.1 Å². The number of aromatic nitrogens is 4. The zero-order valence-electron chi connectivity index (χ0n) is 7.74. The Balaban J connectivity index is 0.000000980. The van der Waals surface area contributed by atoms with Crippen molar-refractivity contribution in [1.29, 1.82) is 0 Å². The fourth-order valence-electron chi connectivity index (χ4n) is 1.26. The van der Waals surface area contributed by atoms with Gasteiger partial charge in [-0.3, -0.25) is 14.3 Å². The van der Waals surface area contributed by atoms with E-state index in [0.29, 0.717) is 11.2 Å². The molecule has 8 heteroatoms. The van der Waals surface area contributed by atoms with Gasteiger partial charge in [-0.1, -0.05) is 0 Å². The normalized spacial score (nSPS) is 9.47. The van der Waals surface area contributed by atoms with Crippen LogP contribution in [0.25, 0.3) is 11.2 Å². The van der Waals surface area contributed by atoms with Gasteiger partial charge in [0.05, 0.1) is 6.33 Å². The summed E-state index contributed by atoms with van der Waals surface area (Å²) in [6.07, 6.45) is 1.50. The van der Waals surface area contributed by atoms with Crippen molar-refractivity contribution >= 4 is 48.9 Å². The Morgan fingerprint density at radius 3 is 2.53 bits per heavy atom. The molecule has 0 bridgehead atoms. The van der Waals surface area contributed by atoms with Gasteiger partial charge in [-0.2, -0.15) is 0 Å². The van der Waals surface area contributed by atoms with Crippen molar-refractivity contribution in [2.24, 2.45) is 14.1 Å². The van der Waals surface area contributed by atoms with E-state index in [0.717, 1.165) is 0 Å². The molecular formula is C7H12CaN4O3. The number of H-pyrrole nitrogens is 1. The van der Waals surface area contributed by atoms with Crippen LogP contribution in [0.5, 0.6) is 0 Å². The second-order valence-corrected chi connectivity index (χ2v) is 2.85. The van der Waals surface area contributed by atoms with Crippen LogP contribution in [0, 0.1) is 0 Å². The summed E-state index contributed by atoms with van der Waals surface area (Å²) in [5.74, 6) is 0. The molecule has 15 heavy (non-hydrogen) atoms. The van der Waals surface area contributed by atoms with Gasteiger partial charge in [0.1, 0.15) is 0 Å². The Hall–Kier alpha value is -0.630. The molecule has 2 heterocycles. The van der Waals surface area contributed by atoms with E-state index in [1.165, 1.54) is 10.9 Å². The molecule has 0 radical (unpaired) electrons. The Kier molecular flexibility index (Phi) is 4.72. The number of hydrogen-bond donors (Lipinski definition) is 1. The van der Waals surface area contributed by atoms with E-state index in [9.17, 15) is 9.59 Å². The molecule has 0 atom stereocenters. The minimum absolute atomic E-state index is 0. The fraction of sp³-hybridized carbons (Fsp3) is 0.286. The summed E-state index contributed by atoms with van der Waals surface area (Å²) in [5.41, 5.74) is -0.0485. The molecule has 0 aliphatic carbocycles. The van der Waals surface area contributed by atoms with Crippen LogP contribution in [0.1, 0.15) is 0 Å². The predicted octanol–water partition coefficient (Wildman–Crippen LogP) is -2.78. The Morgan fingerprint density at radius 2 is 1.93 bits per heavy atom. The number of imidazole rings is 1. The van der Waals surface area contributed by atoms with Crippen molar-refractivity contribution in [2.45, 2.75) is 0 Å². The fourth-order valence-corrected chi connectivity index (χ4v) is 1.26. The third kappa shape index (κ3) is 2.15. The molecule has 2 rings (SSSR count). The second-order valence-electron chi connectivity index (χ2n) is 2.85. The third-order valence-electron chi connectivity index (χ3n) is 1.98. The summed E-state index contributed by atoms with van der Waals surface area (Å²) < 4.78 is 2.88. The molecule has 0 unspecified atom stereocenters. The molecule has 0 fully saturated rings. The zero-order chi connectivity index (χ0) is 9.59. The number of rotatable bonds is 0. The zero-order valence-corrected chi connectivity index (χ0v) is 7.74. The van der Waals surface area contributed by atoms with E-state index in [1.54, 1.807) is 18.7 Å². The summed E-state index contributed by atoms with van der Waals surface area (Å²) in [7, 11) is 3.27. The van der Waals surface area contributed by atoms with Gasteiger partial charge in [-0.25, -0.2) is 9.78 Å². The summed E-state index contributed by atoms with van der Waals surface area (Å²) in [4.78, 5) is 28.6. The molecule has 0 aliphatic rings. The summed E-state index contributed by atoms with van der Waals surface area (Å²) in [6, 6.07) is 0. The standard InChI is InChI=1S/C7H8N4O2.Ca.H2O.2H/c1-10-3-8-5-4(10)6(12)9-7(13)11(5)2;;;;/h3H,1-2H3,(H,9,12,13);;1H2;;. The molecule has 3 N–H and O–H groups in total. The van der Waals surface area contributed by atoms with Gasteiger partial charge in [0.15, 0.2) is 11.2 Å². The van der Waals surface area contributed by atoms with E-state index < -0.39 is 11.2 Å². The topological polar surface area (TPSA) is 104 Å². The van der Waals surface area contributed by atoms with Crippen LogP contribution in [-0.4, -0.2) is 62.3 Å². The van der Waals surface area contributed by atoms with Crippen LogP contribution in [-0.2, 0) is 14.1 Å². The average Bonchev–Trinajstić information content (AvgIpc) is 2.44. The Bertz CT molecular complexity index is 582. The molecule has 0 amide bonds. The van der Waals surface area contributed by atoms with Gasteiger partial charge in [-0.05, 0) is 0 Å². The number of nitrogens with one attached hydrogen (secondary N) is 1. The first-order chi connectivity index (χ1) is 6.11. The molecule has 2 aromatic heterocycles. The van der Waals surface area contributed by atoms with E-state index in [1.807, 2.05) is 0 Å². The van der Waals surface area contributed by atoms with Crippen LogP contribution in [0.2, 0.25) is 0 Å². The number of nitrogens with zero attached hydrogens (tertiary/aromatic N) is 3. The van der Waals surface area contributed by atoms with Gasteiger partial charge in [0.2, 0.25) is 0 Å². The van der Waals surface area contributed by atoms with E-state index in [2.05, 4.69) is 9.97 Å². The first kappa shape index (κ1) is 14.4. The number of fused-ring (bicyclic) bond motifs is 1. The van der Waals surface area contributed by atoms with Crippen molar-refractivity contribution in [2.75, 3.05) is 0 Å². The van der Waals surface area contributed by atoms with Crippen molar-refractivity contribution < 1.29 is 5.48 Å². The minimum atomic E-state index is -0.448. The Morgan fingerprint density at radius 1 is 1.33 bits per heavy atom. The van der Waals surface area contributed by atoms with Gasteiger partial charge in [-0.15, -0.1) is 0 Å². The first-order valence-corrected chi connectivity index (χ1v) is 3.71. The quantitative estimate of drug-likeness (QED) is 0.503. The summed E-state index contributed by atoms with van der Waals surface area (Å²) >= 11 is 0. The van der Waals surface area contributed by atoms with Crippen LogP contribution in [0.15, 0.2) is 15.9 Å². The second kappa shape index (κ2) is 4.93. The van der Waals surface area contributed by atoms with E-state index in [4.69, 9.17) is 0 Å². The summed E-state index contributed by atoms with van der Waals surface area (Å²) in [5, 5.41) is 0. The molecule has 0 saturated carbocycles. The number of aryl methyl sites for hydroxylation is 2. The summed E-state index contributed by atoms with van der Waals surface area (Å²) in [6.45, 7) is 0. The SMILES string of the molecule is Cn1cnc2c1c(=O)[nH]c(=O)n2C.O.[CaH2].